The van der Waals surface area contributed by atoms with Crippen LogP contribution in [0.25, 0.3) is 0 Å². The number of nitrogens with two attached hydrogens (primary N) is 1. The number of hydrogen-bond acceptors (Lipinski definition) is 3. The predicted octanol–water partition coefficient (Wildman–Crippen LogP) is 2.02. The van der Waals surface area contributed by atoms with Gasteiger partial charge in [0.15, 0.2) is 0 Å². The molecule has 4 heteroatoms. The highest BCUT2D eigenvalue weighted by Crippen LogP contribution is 2.31. The van der Waals surface area contributed by atoms with Crippen LogP contribution in [-0.2, 0) is 0 Å². The number of oxime groups is 1. The zero-order valence-electron chi connectivity index (χ0n) is 10.7. The summed E-state index contributed by atoms with van der Waals surface area (Å²) in [6.07, 6.45) is 4.20. The van der Waals surface area contributed by atoms with E-state index in [2.05, 4.69) is 30.8 Å². The number of hydrogen-bond donors (Lipinski definition) is 2. The molecule has 1 heterocycles. The molecule has 0 aromatic heterocycles. The van der Waals surface area contributed by atoms with Crippen molar-refractivity contribution in [3.8, 4) is 0 Å². The van der Waals surface area contributed by atoms with Crippen LogP contribution in [0.15, 0.2) is 5.16 Å². The summed E-state index contributed by atoms with van der Waals surface area (Å²) in [7, 11) is 0. The van der Waals surface area contributed by atoms with E-state index in [1.54, 1.807) is 0 Å². The maximum absolute atomic E-state index is 8.61. The van der Waals surface area contributed by atoms with E-state index in [-0.39, 0.29) is 0 Å². The molecular formula is C12H25N3O. The molecule has 0 aromatic carbocycles. The average Bonchev–Trinajstić information content (AvgIpc) is 2.26. The molecule has 0 radical (unpaired) electrons. The molecule has 1 atom stereocenters. The van der Waals surface area contributed by atoms with Crippen molar-refractivity contribution in [1.82, 2.24) is 4.90 Å². The number of likely N-dealkylation sites (tertiary alicyclic amines) is 1. The third-order valence-corrected chi connectivity index (χ3v) is 3.71. The quantitative estimate of drug-likeness (QED) is 0.334. The highest BCUT2D eigenvalue weighted by molar-refractivity contribution is 5.80. The monoisotopic (exact) mass is 227 g/mol. The molecule has 1 fully saturated rings. The molecule has 1 aliphatic heterocycles. The Morgan fingerprint density at radius 1 is 1.44 bits per heavy atom. The first-order chi connectivity index (χ1) is 7.48. The first kappa shape index (κ1) is 13.3. The highest BCUT2D eigenvalue weighted by Gasteiger charge is 2.28. The Hall–Kier alpha value is -0.770. The molecule has 16 heavy (non-hydrogen) atoms. The lowest BCUT2D eigenvalue weighted by Crippen LogP contribution is -2.44. The lowest BCUT2D eigenvalue weighted by Gasteiger charge is -2.40. The van der Waals surface area contributed by atoms with Crippen LogP contribution in [0.3, 0.4) is 0 Å². The van der Waals surface area contributed by atoms with Gasteiger partial charge in [-0.05, 0) is 37.8 Å². The fourth-order valence-corrected chi connectivity index (χ4v) is 2.31. The molecular weight excluding hydrogens is 202 g/mol. The van der Waals surface area contributed by atoms with E-state index in [9.17, 15) is 0 Å². The fraction of sp³-hybridized carbons (Fsp3) is 0.917. The summed E-state index contributed by atoms with van der Waals surface area (Å²) in [5.41, 5.74) is 6.06. The lowest BCUT2D eigenvalue weighted by atomic mass is 9.82. The SMILES string of the molecule is CCC(CC(N)=NO)N1CCC(C)(C)CC1. The smallest absolute Gasteiger partial charge is 0.140 e. The van der Waals surface area contributed by atoms with Gasteiger partial charge in [0.05, 0.1) is 0 Å². The molecule has 0 aliphatic carbocycles. The van der Waals surface area contributed by atoms with Crippen molar-refractivity contribution in [1.29, 1.82) is 0 Å². The Balaban J connectivity index is 2.49. The van der Waals surface area contributed by atoms with Crippen LogP contribution in [0.2, 0.25) is 0 Å². The largest absolute Gasteiger partial charge is 0.409 e. The van der Waals surface area contributed by atoms with Crippen LogP contribution >= 0.6 is 0 Å². The van der Waals surface area contributed by atoms with Crippen molar-refractivity contribution in [2.24, 2.45) is 16.3 Å². The Morgan fingerprint density at radius 3 is 2.44 bits per heavy atom. The molecule has 94 valence electrons. The second kappa shape index (κ2) is 5.53. The van der Waals surface area contributed by atoms with Gasteiger partial charge in [0.2, 0.25) is 0 Å². The Bertz CT molecular complexity index is 241. The van der Waals surface area contributed by atoms with Crippen LogP contribution in [0.4, 0.5) is 0 Å². The Morgan fingerprint density at radius 2 is 2.00 bits per heavy atom. The number of rotatable bonds is 4. The Kier molecular flexibility index (Phi) is 4.59. The van der Waals surface area contributed by atoms with Crippen LogP contribution in [0, 0.1) is 5.41 Å². The predicted molar refractivity (Wildman–Crippen MR) is 66.7 cm³/mol. The molecule has 0 amide bonds. The van der Waals surface area contributed by atoms with Crippen LogP contribution in [0.5, 0.6) is 0 Å². The molecule has 1 rings (SSSR count). The fourth-order valence-electron chi connectivity index (χ4n) is 2.31. The summed E-state index contributed by atoms with van der Waals surface area (Å²) >= 11 is 0. The average molecular weight is 227 g/mol. The zero-order chi connectivity index (χ0) is 12.2. The lowest BCUT2D eigenvalue weighted by molar-refractivity contribution is 0.0938. The molecule has 0 bridgehead atoms. The van der Waals surface area contributed by atoms with E-state index in [4.69, 9.17) is 10.9 Å². The summed E-state index contributed by atoms with van der Waals surface area (Å²) < 4.78 is 0. The van der Waals surface area contributed by atoms with Gasteiger partial charge in [-0.1, -0.05) is 25.9 Å². The van der Waals surface area contributed by atoms with E-state index < -0.39 is 0 Å². The van der Waals surface area contributed by atoms with Crippen molar-refractivity contribution in [3.63, 3.8) is 0 Å². The molecule has 0 saturated carbocycles. The Labute approximate surface area is 98.5 Å². The van der Waals surface area contributed by atoms with E-state index in [1.165, 1.54) is 12.8 Å². The van der Waals surface area contributed by atoms with Gasteiger partial charge < -0.3 is 10.9 Å². The van der Waals surface area contributed by atoms with Gasteiger partial charge in [-0.2, -0.15) is 0 Å². The third-order valence-electron chi connectivity index (χ3n) is 3.71. The van der Waals surface area contributed by atoms with Crippen molar-refractivity contribution >= 4 is 5.84 Å². The molecule has 1 aliphatic rings. The van der Waals surface area contributed by atoms with Crippen LogP contribution in [-0.4, -0.2) is 35.1 Å². The number of piperidine rings is 1. The maximum atomic E-state index is 8.61. The van der Waals surface area contributed by atoms with Gasteiger partial charge in [-0.25, -0.2) is 0 Å². The van der Waals surface area contributed by atoms with Crippen molar-refractivity contribution in [2.45, 2.75) is 52.5 Å². The zero-order valence-corrected chi connectivity index (χ0v) is 10.7. The van der Waals surface area contributed by atoms with Gasteiger partial charge >= 0.3 is 0 Å². The molecule has 1 saturated heterocycles. The number of amidine groups is 1. The summed E-state index contributed by atoms with van der Waals surface area (Å²) in [5, 5.41) is 11.7. The second-order valence-electron chi connectivity index (χ2n) is 5.56. The molecule has 3 N–H and O–H groups in total. The minimum Gasteiger partial charge on any atom is -0.409 e. The molecule has 0 spiro atoms. The van der Waals surface area contributed by atoms with Gasteiger partial charge in [0, 0.05) is 12.5 Å². The first-order valence-corrected chi connectivity index (χ1v) is 6.19. The van der Waals surface area contributed by atoms with Gasteiger partial charge in [-0.15, -0.1) is 0 Å². The first-order valence-electron chi connectivity index (χ1n) is 6.19. The number of nitrogens with zero attached hydrogens (tertiary/aromatic N) is 2. The van der Waals surface area contributed by atoms with Gasteiger partial charge in [0.25, 0.3) is 0 Å². The normalized spacial score (nSPS) is 24.3. The van der Waals surface area contributed by atoms with E-state index in [0.717, 1.165) is 19.5 Å². The van der Waals surface area contributed by atoms with Crippen LogP contribution < -0.4 is 5.73 Å². The van der Waals surface area contributed by atoms with Crippen molar-refractivity contribution < 1.29 is 5.21 Å². The van der Waals surface area contributed by atoms with E-state index >= 15 is 0 Å². The van der Waals surface area contributed by atoms with E-state index in [1.807, 2.05) is 0 Å². The van der Waals surface area contributed by atoms with Crippen LogP contribution in [0.1, 0.15) is 46.5 Å². The summed E-state index contributed by atoms with van der Waals surface area (Å²) in [5.74, 6) is 0.344. The standard InChI is InChI=1S/C12H25N3O/c1-4-10(9-11(13)14-16)15-7-5-12(2,3)6-8-15/h10,16H,4-9H2,1-3H3,(H2,13,14). The van der Waals surface area contributed by atoms with Gasteiger partial charge in [-0.3, -0.25) is 4.90 Å². The molecule has 0 aromatic rings. The highest BCUT2D eigenvalue weighted by atomic mass is 16.4. The van der Waals surface area contributed by atoms with Crippen molar-refractivity contribution in [2.75, 3.05) is 13.1 Å². The second-order valence-corrected chi connectivity index (χ2v) is 5.56. The molecule has 4 nitrogen and oxygen atoms in total. The molecule has 1 unspecified atom stereocenters. The van der Waals surface area contributed by atoms with Crippen molar-refractivity contribution in [3.05, 3.63) is 0 Å². The van der Waals surface area contributed by atoms with E-state index in [0.29, 0.717) is 23.7 Å². The minimum atomic E-state index is 0.344. The maximum Gasteiger partial charge on any atom is 0.140 e. The summed E-state index contributed by atoms with van der Waals surface area (Å²) in [6, 6.07) is 0.423. The van der Waals surface area contributed by atoms with Gasteiger partial charge in [0.1, 0.15) is 5.84 Å². The topological polar surface area (TPSA) is 61.9 Å². The summed E-state index contributed by atoms with van der Waals surface area (Å²) in [6.45, 7) is 9.08. The third kappa shape index (κ3) is 3.67. The minimum absolute atomic E-state index is 0.344. The summed E-state index contributed by atoms with van der Waals surface area (Å²) in [4.78, 5) is 2.48.